The first-order valence-corrected chi connectivity index (χ1v) is 8.67. The van der Waals surface area contributed by atoms with Crippen molar-refractivity contribution in [1.82, 2.24) is 4.72 Å². The summed E-state index contributed by atoms with van der Waals surface area (Å²) < 4.78 is 26.3. The van der Waals surface area contributed by atoms with Gasteiger partial charge in [0.15, 0.2) is 0 Å². The van der Waals surface area contributed by atoms with Crippen molar-refractivity contribution >= 4 is 21.4 Å². The van der Waals surface area contributed by atoms with E-state index in [-0.39, 0.29) is 4.90 Å². The second-order valence-corrected chi connectivity index (χ2v) is 7.00. The van der Waals surface area contributed by atoms with Crippen LogP contribution in [0.5, 0.6) is 0 Å². The molecule has 6 heteroatoms. The molecule has 0 atom stereocenters. The van der Waals surface area contributed by atoms with Gasteiger partial charge in [0.05, 0.1) is 16.3 Å². The first-order chi connectivity index (χ1) is 9.53. The summed E-state index contributed by atoms with van der Waals surface area (Å²) in [5, 5.41) is 3.42. The Bertz CT molecular complexity index is 552. The van der Waals surface area contributed by atoms with Crippen LogP contribution in [-0.4, -0.2) is 21.0 Å². The smallest absolute Gasteiger partial charge is 0.240 e. The third-order valence-corrected chi connectivity index (χ3v) is 5.18. The largest absolute Gasteiger partial charge is 0.397 e. The monoisotopic (exact) mass is 297 g/mol. The Labute approximate surface area is 121 Å². The van der Waals surface area contributed by atoms with Crippen LogP contribution in [0.25, 0.3) is 0 Å². The summed E-state index contributed by atoms with van der Waals surface area (Å²) in [6.07, 6.45) is 6.08. The molecule has 0 spiro atoms. The molecular formula is C14H23N3O2S. The maximum atomic E-state index is 11.9. The number of hydrogen-bond donors (Lipinski definition) is 3. The topological polar surface area (TPSA) is 84.2 Å². The van der Waals surface area contributed by atoms with Crippen molar-refractivity contribution in [3.63, 3.8) is 0 Å². The third-order valence-electron chi connectivity index (χ3n) is 3.63. The Morgan fingerprint density at radius 2 is 1.95 bits per heavy atom. The number of anilines is 2. The number of nitrogen functional groups attached to an aromatic ring is 1. The SMILES string of the molecule is CCNS(=O)(=O)c1ccc(NC2CCCCC2)c(N)c1. The molecule has 0 aliphatic heterocycles. The lowest BCUT2D eigenvalue weighted by Crippen LogP contribution is -2.24. The fraction of sp³-hybridized carbons (Fsp3) is 0.571. The van der Waals surface area contributed by atoms with E-state index in [4.69, 9.17) is 5.73 Å². The van der Waals surface area contributed by atoms with Crippen LogP contribution in [0.1, 0.15) is 39.0 Å². The van der Waals surface area contributed by atoms with E-state index in [0.29, 0.717) is 18.3 Å². The molecule has 0 bridgehead atoms. The zero-order valence-electron chi connectivity index (χ0n) is 11.9. The molecule has 2 rings (SSSR count). The van der Waals surface area contributed by atoms with E-state index < -0.39 is 10.0 Å². The number of sulfonamides is 1. The molecular weight excluding hydrogens is 274 g/mol. The summed E-state index contributed by atoms with van der Waals surface area (Å²) in [6.45, 7) is 2.12. The number of benzene rings is 1. The highest BCUT2D eigenvalue weighted by Crippen LogP contribution is 2.27. The van der Waals surface area contributed by atoms with Gasteiger partial charge in [-0.2, -0.15) is 0 Å². The van der Waals surface area contributed by atoms with Crippen molar-refractivity contribution in [2.45, 2.75) is 50.0 Å². The fourth-order valence-corrected chi connectivity index (χ4v) is 3.66. The van der Waals surface area contributed by atoms with Crippen LogP contribution < -0.4 is 15.8 Å². The zero-order chi connectivity index (χ0) is 14.6. The van der Waals surface area contributed by atoms with Crippen LogP contribution in [-0.2, 0) is 10.0 Å². The molecule has 5 nitrogen and oxygen atoms in total. The average molecular weight is 297 g/mol. The van der Waals surface area contributed by atoms with Gasteiger partial charge in [0.25, 0.3) is 0 Å². The van der Waals surface area contributed by atoms with Crippen molar-refractivity contribution in [2.24, 2.45) is 0 Å². The van der Waals surface area contributed by atoms with Gasteiger partial charge in [0, 0.05) is 12.6 Å². The molecule has 112 valence electrons. The van der Waals surface area contributed by atoms with Gasteiger partial charge in [-0.1, -0.05) is 26.2 Å². The van der Waals surface area contributed by atoms with Gasteiger partial charge in [0.1, 0.15) is 0 Å². The molecule has 1 saturated carbocycles. The van der Waals surface area contributed by atoms with E-state index in [9.17, 15) is 8.42 Å². The van der Waals surface area contributed by atoms with Crippen molar-refractivity contribution in [3.8, 4) is 0 Å². The highest BCUT2D eigenvalue weighted by atomic mass is 32.2. The average Bonchev–Trinajstić information content (AvgIpc) is 2.42. The van der Waals surface area contributed by atoms with Crippen molar-refractivity contribution in [2.75, 3.05) is 17.6 Å². The summed E-state index contributed by atoms with van der Waals surface area (Å²) in [7, 11) is -3.44. The molecule has 0 radical (unpaired) electrons. The minimum Gasteiger partial charge on any atom is -0.397 e. The first-order valence-electron chi connectivity index (χ1n) is 7.18. The lowest BCUT2D eigenvalue weighted by molar-refractivity contribution is 0.463. The van der Waals surface area contributed by atoms with E-state index in [1.165, 1.54) is 25.3 Å². The van der Waals surface area contributed by atoms with Gasteiger partial charge in [-0.25, -0.2) is 13.1 Å². The van der Waals surface area contributed by atoms with Crippen LogP contribution in [0, 0.1) is 0 Å². The van der Waals surface area contributed by atoms with E-state index in [2.05, 4.69) is 10.0 Å². The second-order valence-electron chi connectivity index (χ2n) is 5.23. The van der Waals surface area contributed by atoms with Gasteiger partial charge in [-0.05, 0) is 31.0 Å². The maximum Gasteiger partial charge on any atom is 0.240 e. The number of hydrogen-bond acceptors (Lipinski definition) is 4. The summed E-state index contributed by atoms with van der Waals surface area (Å²) in [5.41, 5.74) is 7.28. The number of nitrogens with two attached hydrogens (primary N) is 1. The molecule has 0 amide bonds. The molecule has 1 aromatic rings. The highest BCUT2D eigenvalue weighted by Gasteiger charge is 2.17. The van der Waals surface area contributed by atoms with Crippen LogP contribution in [0.2, 0.25) is 0 Å². The molecule has 1 aromatic carbocycles. The Balaban J connectivity index is 2.13. The third kappa shape index (κ3) is 3.64. The zero-order valence-corrected chi connectivity index (χ0v) is 12.7. The number of nitrogens with one attached hydrogen (secondary N) is 2. The minimum absolute atomic E-state index is 0.214. The van der Waals surface area contributed by atoms with E-state index in [1.807, 2.05) is 0 Å². The fourth-order valence-electron chi connectivity index (χ4n) is 2.58. The molecule has 1 aliphatic carbocycles. The van der Waals surface area contributed by atoms with Gasteiger partial charge < -0.3 is 11.1 Å². The van der Waals surface area contributed by atoms with Crippen molar-refractivity contribution < 1.29 is 8.42 Å². The van der Waals surface area contributed by atoms with Gasteiger partial charge in [-0.3, -0.25) is 0 Å². The van der Waals surface area contributed by atoms with Crippen LogP contribution >= 0.6 is 0 Å². The molecule has 20 heavy (non-hydrogen) atoms. The number of rotatable bonds is 5. The van der Waals surface area contributed by atoms with E-state index in [0.717, 1.165) is 18.5 Å². The van der Waals surface area contributed by atoms with E-state index in [1.54, 1.807) is 19.1 Å². The Kier molecular flexibility index (Phi) is 4.88. The normalized spacial score (nSPS) is 17.1. The van der Waals surface area contributed by atoms with Gasteiger partial charge in [0.2, 0.25) is 10.0 Å². The molecule has 0 aromatic heterocycles. The van der Waals surface area contributed by atoms with Crippen molar-refractivity contribution in [3.05, 3.63) is 18.2 Å². The summed E-state index contributed by atoms with van der Waals surface area (Å²) in [6, 6.07) is 5.32. The molecule has 0 saturated heterocycles. The standard InChI is InChI=1S/C14H23N3O2S/c1-2-16-20(18,19)12-8-9-14(13(15)10-12)17-11-6-4-3-5-7-11/h8-11,16-17H,2-7,15H2,1H3. The van der Waals surface area contributed by atoms with Crippen molar-refractivity contribution in [1.29, 1.82) is 0 Å². The predicted molar refractivity (Wildman–Crippen MR) is 82.2 cm³/mol. The second kappa shape index (κ2) is 6.45. The molecule has 0 heterocycles. The molecule has 0 unspecified atom stereocenters. The maximum absolute atomic E-state index is 11.9. The van der Waals surface area contributed by atoms with Gasteiger partial charge >= 0.3 is 0 Å². The van der Waals surface area contributed by atoms with Crippen LogP contribution in [0.4, 0.5) is 11.4 Å². The Morgan fingerprint density at radius 3 is 2.55 bits per heavy atom. The van der Waals surface area contributed by atoms with Crippen LogP contribution in [0.3, 0.4) is 0 Å². The Hall–Kier alpha value is -1.27. The lowest BCUT2D eigenvalue weighted by atomic mass is 9.95. The quantitative estimate of drug-likeness (QED) is 0.728. The lowest BCUT2D eigenvalue weighted by Gasteiger charge is -2.24. The predicted octanol–water partition coefficient (Wildman–Crippen LogP) is 2.31. The minimum atomic E-state index is -3.44. The molecule has 1 aliphatic rings. The molecule has 1 fully saturated rings. The summed E-state index contributed by atoms with van der Waals surface area (Å²) in [4.78, 5) is 0.214. The van der Waals surface area contributed by atoms with Crippen LogP contribution in [0.15, 0.2) is 23.1 Å². The summed E-state index contributed by atoms with van der Waals surface area (Å²) >= 11 is 0. The summed E-state index contributed by atoms with van der Waals surface area (Å²) in [5.74, 6) is 0. The first kappa shape index (κ1) is 15.1. The van der Waals surface area contributed by atoms with E-state index >= 15 is 0 Å². The highest BCUT2D eigenvalue weighted by molar-refractivity contribution is 7.89. The van der Waals surface area contributed by atoms with Gasteiger partial charge in [-0.15, -0.1) is 0 Å². The Morgan fingerprint density at radius 1 is 1.25 bits per heavy atom. The molecule has 4 N–H and O–H groups in total.